The zero-order chi connectivity index (χ0) is 13.6. The smallest absolute Gasteiger partial charge is 0.118 e. The molecule has 0 aliphatic heterocycles. The van der Waals surface area contributed by atoms with E-state index in [4.69, 9.17) is 10.5 Å². The van der Waals surface area contributed by atoms with Gasteiger partial charge in [-0.2, -0.15) is 0 Å². The number of ether oxygens (including phenoxy) is 1. The van der Waals surface area contributed by atoms with Gasteiger partial charge >= 0.3 is 0 Å². The highest BCUT2D eigenvalue weighted by molar-refractivity contribution is 5.27. The zero-order valence-corrected chi connectivity index (χ0v) is 11.9. The third-order valence-corrected chi connectivity index (χ3v) is 3.07. The van der Waals surface area contributed by atoms with Crippen LogP contribution >= 0.6 is 0 Å². The number of methoxy groups -OCH3 is 1. The number of aryl methyl sites for hydroxylation is 1. The maximum Gasteiger partial charge on any atom is 0.118 e. The molecule has 0 saturated carbocycles. The number of nitrogens with two attached hydrogens (primary N) is 1. The molecule has 1 rings (SSSR count). The summed E-state index contributed by atoms with van der Waals surface area (Å²) in [5.74, 6) is 0.895. The van der Waals surface area contributed by atoms with E-state index in [0.717, 1.165) is 18.6 Å². The Hall–Kier alpha value is -1.10. The summed E-state index contributed by atoms with van der Waals surface area (Å²) >= 11 is 0. The lowest BCUT2D eigenvalue weighted by atomic mass is 9.94. The van der Waals surface area contributed by atoms with Gasteiger partial charge < -0.3 is 10.5 Å². The predicted molar refractivity (Wildman–Crippen MR) is 75.6 cm³/mol. The topological polar surface area (TPSA) is 50.5 Å². The van der Waals surface area contributed by atoms with Crippen LogP contribution in [0.3, 0.4) is 0 Å². The summed E-state index contributed by atoms with van der Waals surface area (Å²) in [7, 11) is 5.66. The van der Waals surface area contributed by atoms with Crippen molar-refractivity contribution in [2.24, 2.45) is 5.73 Å². The molecule has 1 unspecified atom stereocenters. The van der Waals surface area contributed by atoms with Gasteiger partial charge in [0.25, 0.3) is 0 Å². The average Bonchev–Trinajstić information content (AvgIpc) is 2.36. The molecule has 1 atom stereocenters. The van der Waals surface area contributed by atoms with E-state index < -0.39 is 0 Å². The van der Waals surface area contributed by atoms with Crippen LogP contribution in [-0.2, 0) is 6.42 Å². The minimum Gasteiger partial charge on any atom is -0.497 e. The van der Waals surface area contributed by atoms with Crippen LogP contribution in [0.4, 0.5) is 0 Å². The van der Waals surface area contributed by atoms with E-state index in [1.165, 1.54) is 5.56 Å². The van der Waals surface area contributed by atoms with Crippen LogP contribution in [0.15, 0.2) is 24.3 Å². The van der Waals surface area contributed by atoms with Gasteiger partial charge in [0.15, 0.2) is 0 Å². The van der Waals surface area contributed by atoms with Crippen LogP contribution in [0.5, 0.6) is 5.75 Å². The van der Waals surface area contributed by atoms with Gasteiger partial charge in [0.1, 0.15) is 5.75 Å². The second kappa shape index (κ2) is 6.73. The molecule has 0 fully saturated rings. The lowest BCUT2D eigenvalue weighted by Crippen LogP contribution is -2.54. The molecule has 18 heavy (non-hydrogen) atoms. The van der Waals surface area contributed by atoms with Gasteiger partial charge in [-0.25, -0.2) is 5.43 Å². The van der Waals surface area contributed by atoms with Crippen LogP contribution in [0.25, 0.3) is 0 Å². The number of benzene rings is 1. The van der Waals surface area contributed by atoms with Crippen molar-refractivity contribution in [3.05, 3.63) is 29.8 Å². The van der Waals surface area contributed by atoms with Crippen molar-refractivity contribution in [1.29, 1.82) is 0 Å². The van der Waals surface area contributed by atoms with Crippen LogP contribution in [-0.4, -0.2) is 38.3 Å². The van der Waals surface area contributed by atoms with Crippen molar-refractivity contribution in [3.63, 3.8) is 0 Å². The number of nitrogens with zero attached hydrogens (tertiary/aromatic N) is 1. The van der Waals surface area contributed by atoms with Crippen molar-refractivity contribution in [2.75, 3.05) is 27.7 Å². The number of hydrazine groups is 1. The number of hydrogen-bond donors (Lipinski definition) is 2. The molecule has 4 nitrogen and oxygen atoms in total. The zero-order valence-electron chi connectivity index (χ0n) is 11.9. The molecule has 0 bridgehead atoms. The quantitative estimate of drug-likeness (QED) is 0.720. The molecule has 0 amide bonds. The summed E-state index contributed by atoms with van der Waals surface area (Å²) < 4.78 is 5.15. The monoisotopic (exact) mass is 251 g/mol. The Morgan fingerprint density at radius 2 is 1.89 bits per heavy atom. The van der Waals surface area contributed by atoms with E-state index in [2.05, 4.69) is 24.5 Å². The van der Waals surface area contributed by atoms with Crippen LogP contribution in [0, 0.1) is 0 Å². The van der Waals surface area contributed by atoms with E-state index in [1.807, 2.05) is 31.2 Å². The highest BCUT2D eigenvalue weighted by atomic mass is 16.5. The van der Waals surface area contributed by atoms with Crippen molar-refractivity contribution in [3.8, 4) is 5.75 Å². The largest absolute Gasteiger partial charge is 0.497 e. The normalized spacial score (nSPS) is 14.6. The Balaban J connectivity index is 2.56. The fourth-order valence-electron chi connectivity index (χ4n) is 1.96. The molecule has 3 N–H and O–H groups in total. The summed E-state index contributed by atoms with van der Waals surface area (Å²) in [6.45, 7) is 2.76. The van der Waals surface area contributed by atoms with Gasteiger partial charge in [-0.05, 0) is 37.5 Å². The van der Waals surface area contributed by atoms with Gasteiger partial charge in [-0.15, -0.1) is 0 Å². The summed E-state index contributed by atoms with van der Waals surface area (Å²) in [6, 6.07) is 8.19. The molecule has 102 valence electrons. The van der Waals surface area contributed by atoms with Gasteiger partial charge in [-0.1, -0.05) is 12.1 Å². The molecule has 0 saturated heterocycles. The van der Waals surface area contributed by atoms with Crippen LogP contribution in [0.1, 0.15) is 18.9 Å². The summed E-state index contributed by atoms with van der Waals surface area (Å²) in [5, 5.41) is 1.96. The first-order valence-corrected chi connectivity index (χ1v) is 6.27. The van der Waals surface area contributed by atoms with E-state index in [-0.39, 0.29) is 5.54 Å². The molecule has 0 radical (unpaired) electrons. The van der Waals surface area contributed by atoms with Crippen molar-refractivity contribution in [1.82, 2.24) is 10.4 Å². The standard InChI is InChI=1S/C14H25N3O/c1-14(11-15,16-17(2)3)10-9-12-5-7-13(18-4)8-6-12/h5-8,16H,9-11,15H2,1-4H3. The second-order valence-corrected chi connectivity index (χ2v) is 5.12. The van der Waals surface area contributed by atoms with Crippen molar-refractivity contribution >= 4 is 0 Å². The Bertz CT molecular complexity index is 351. The van der Waals surface area contributed by atoms with Crippen molar-refractivity contribution in [2.45, 2.75) is 25.3 Å². The first-order chi connectivity index (χ1) is 8.49. The Morgan fingerprint density at radius 1 is 1.28 bits per heavy atom. The van der Waals surface area contributed by atoms with E-state index >= 15 is 0 Å². The van der Waals surface area contributed by atoms with E-state index in [0.29, 0.717) is 6.54 Å². The SMILES string of the molecule is COc1ccc(CCC(C)(CN)NN(C)C)cc1. The number of nitrogens with one attached hydrogen (secondary N) is 1. The van der Waals surface area contributed by atoms with E-state index in [9.17, 15) is 0 Å². The van der Waals surface area contributed by atoms with Crippen LogP contribution < -0.4 is 15.9 Å². The molecule has 4 heteroatoms. The molecule has 0 heterocycles. The van der Waals surface area contributed by atoms with E-state index in [1.54, 1.807) is 7.11 Å². The molecule has 1 aromatic rings. The summed E-state index contributed by atoms with van der Waals surface area (Å²) in [4.78, 5) is 0. The van der Waals surface area contributed by atoms with Gasteiger partial charge in [0, 0.05) is 26.2 Å². The Labute approximate surface area is 110 Å². The number of hydrogen-bond acceptors (Lipinski definition) is 4. The lowest BCUT2D eigenvalue weighted by Gasteiger charge is -2.32. The summed E-state index contributed by atoms with van der Waals surface area (Å²) in [6.07, 6.45) is 1.99. The Kier molecular flexibility index (Phi) is 5.59. The maximum atomic E-state index is 5.86. The van der Waals surface area contributed by atoms with Crippen LogP contribution in [0.2, 0.25) is 0 Å². The average molecular weight is 251 g/mol. The minimum absolute atomic E-state index is 0.0660. The second-order valence-electron chi connectivity index (χ2n) is 5.12. The van der Waals surface area contributed by atoms with Gasteiger partial charge in [0.2, 0.25) is 0 Å². The lowest BCUT2D eigenvalue weighted by molar-refractivity contribution is 0.167. The molecule has 1 aromatic carbocycles. The maximum absolute atomic E-state index is 5.86. The first kappa shape index (κ1) is 15.0. The first-order valence-electron chi connectivity index (χ1n) is 6.27. The molecule has 0 aromatic heterocycles. The predicted octanol–water partition coefficient (Wildman–Crippen LogP) is 1.41. The molecular weight excluding hydrogens is 226 g/mol. The third kappa shape index (κ3) is 4.64. The highest BCUT2D eigenvalue weighted by Crippen LogP contribution is 2.16. The van der Waals surface area contributed by atoms with Gasteiger partial charge in [0.05, 0.1) is 7.11 Å². The molecule has 0 aliphatic carbocycles. The number of rotatable bonds is 7. The minimum atomic E-state index is -0.0660. The fraction of sp³-hybridized carbons (Fsp3) is 0.571. The third-order valence-electron chi connectivity index (χ3n) is 3.07. The summed E-state index contributed by atoms with van der Waals surface area (Å²) in [5.41, 5.74) is 10.5. The molecular formula is C14H25N3O. The molecule has 0 spiro atoms. The highest BCUT2D eigenvalue weighted by Gasteiger charge is 2.22. The Morgan fingerprint density at radius 3 is 2.33 bits per heavy atom. The van der Waals surface area contributed by atoms with Gasteiger partial charge in [-0.3, -0.25) is 5.01 Å². The molecule has 0 aliphatic rings. The van der Waals surface area contributed by atoms with Crippen molar-refractivity contribution < 1.29 is 4.74 Å². The fourth-order valence-corrected chi connectivity index (χ4v) is 1.96.